The van der Waals surface area contributed by atoms with Crippen molar-refractivity contribution in [3.05, 3.63) is 46.6 Å². The quantitative estimate of drug-likeness (QED) is 0.507. The molecular weight excluding hydrogens is 454 g/mol. The summed E-state index contributed by atoms with van der Waals surface area (Å²) >= 11 is 3.27. The molecule has 0 aliphatic rings. The van der Waals surface area contributed by atoms with Crippen LogP contribution in [0.25, 0.3) is 0 Å². The highest BCUT2D eigenvalue weighted by molar-refractivity contribution is 9.10. The number of aromatic nitrogens is 1. The molecule has 10 heteroatoms. The largest absolute Gasteiger partial charge is 0.495 e. The van der Waals surface area contributed by atoms with Crippen LogP contribution in [0.3, 0.4) is 0 Å². The van der Waals surface area contributed by atoms with Gasteiger partial charge in [0, 0.05) is 10.7 Å². The Morgan fingerprint density at radius 3 is 2.47 bits per heavy atom. The molecule has 2 rings (SSSR count). The molecule has 3 amide bonds. The van der Waals surface area contributed by atoms with E-state index in [0.717, 1.165) is 10.0 Å². The zero-order valence-corrected chi connectivity index (χ0v) is 18.6. The average molecular weight is 478 g/mol. The number of carbonyl (C=O) groups is 3. The minimum Gasteiger partial charge on any atom is -0.495 e. The van der Waals surface area contributed by atoms with Crippen molar-refractivity contribution in [2.75, 3.05) is 44.4 Å². The first-order chi connectivity index (χ1) is 14.3. The van der Waals surface area contributed by atoms with Crippen LogP contribution < -0.4 is 20.7 Å². The van der Waals surface area contributed by atoms with Crippen molar-refractivity contribution >= 4 is 45.2 Å². The molecule has 1 aromatic carbocycles. The van der Waals surface area contributed by atoms with Gasteiger partial charge in [-0.3, -0.25) is 19.3 Å². The van der Waals surface area contributed by atoms with Gasteiger partial charge in [-0.15, -0.1) is 0 Å². The summed E-state index contributed by atoms with van der Waals surface area (Å²) in [6.45, 7) is 1.66. The van der Waals surface area contributed by atoms with Crippen LogP contribution in [0.15, 0.2) is 41.0 Å². The second-order valence-corrected chi connectivity index (χ2v) is 7.53. The van der Waals surface area contributed by atoms with Gasteiger partial charge in [-0.1, -0.05) is 6.07 Å². The summed E-state index contributed by atoms with van der Waals surface area (Å²) in [5.74, 6) is -0.104. The molecule has 1 aromatic heterocycles. The van der Waals surface area contributed by atoms with Crippen LogP contribution in [0.5, 0.6) is 5.75 Å². The minimum absolute atomic E-state index is 0.00213. The Kier molecular flexibility index (Phi) is 8.75. The summed E-state index contributed by atoms with van der Waals surface area (Å²) in [7, 11) is 3.15. The van der Waals surface area contributed by atoms with Crippen molar-refractivity contribution in [1.29, 1.82) is 0 Å². The monoisotopic (exact) mass is 477 g/mol. The summed E-state index contributed by atoms with van der Waals surface area (Å²) in [4.78, 5) is 41.8. The number of rotatable bonds is 9. The Balaban J connectivity index is 1.74. The normalized spacial score (nSPS) is 10.4. The van der Waals surface area contributed by atoms with Gasteiger partial charge in [0.25, 0.3) is 0 Å². The zero-order chi connectivity index (χ0) is 22.1. The number of ether oxygens (including phenoxy) is 1. The minimum atomic E-state index is -0.381. The lowest BCUT2D eigenvalue weighted by atomic mass is 10.2. The fraction of sp³-hybridized carbons (Fsp3) is 0.300. The van der Waals surface area contributed by atoms with Crippen molar-refractivity contribution in [3.8, 4) is 5.75 Å². The molecule has 30 heavy (non-hydrogen) atoms. The molecule has 9 nitrogen and oxygen atoms in total. The average Bonchev–Trinajstić information content (AvgIpc) is 2.68. The van der Waals surface area contributed by atoms with Gasteiger partial charge in [-0.05, 0) is 59.7 Å². The summed E-state index contributed by atoms with van der Waals surface area (Å²) in [6, 6.07) is 8.83. The van der Waals surface area contributed by atoms with Crippen LogP contribution >= 0.6 is 15.9 Å². The Labute approximate surface area is 183 Å². The summed E-state index contributed by atoms with van der Waals surface area (Å²) in [6.07, 6.45) is 1.57. The number of nitrogens with one attached hydrogen (secondary N) is 3. The smallest absolute Gasteiger partial charge is 0.243 e. The molecule has 0 unspecified atom stereocenters. The Morgan fingerprint density at radius 1 is 1.07 bits per heavy atom. The number of hydrogen-bond donors (Lipinski definition) is 3. The maximum Gasteiger partial charge on any atom is 0.243 e. The number of hydrogen-bond acceptors (Lipinski definition) is 6. The van der Waals surface area contributed by atoms with Crippen LogP contribution in [0, 0.1) is 6.92 Å². The number of nitrogens with zero attached hydrogens (tertiary/aromatic N) is 2. The fourth-order valence-electron chi connectivity index (χ4n) is 2.53. The predicted octanol–water partition coefficient (Wildman–Crippen LogP) is 1.79. The summed E-state index contributed by atoms with van der Waals surface area (Å²) < 4.78 is 6.02. The lowest BCUT2D eigenvalue weighted by Crippen LogP contribution is -2.41. The van der Waals surface area contributed by atoms with E-state index in [9.17, 15) is 14.4 Å². The van der Waals surface area contributed by atoms with Crippen LogP contribution in [0.4, 0.5) is 11.5 Å². The maximum absolute atomic E-state index is 12.1. The molecule has 3 N–H and O–H groups in total. The van der Waals surface area contributed by atoms with E-state index in [1.165, 1.54) is 12.0 Å². The van der Waals surface area contributed by atoms with E-state index in [-0.39, 0.29) is 37.4 Å². The van der Waals surface area contributed by atoms with E-state index in [4.69, 9.17) is 4.74 Å². The zero-order valence-electron chi connectivity index (χ0n) is 17.0. The van der Waals surface area contributed by atoms with Crippen LogP contribution in [-0.2, 0) is 14.4 Å². The first-order valence-electron chi connectivity index (χ1n) is 9.08. The molecular formula is C20H24BrN5O4. The number of carbonyl (C=O) groups excluding carboxylic acids is 3. The van der Waals surface area contributed by atoms with E-state index in [1.54, 1.807) is 37.5 Å². The lowest BCUT2D eigenvalue weighted by Gasteiger charge is -2.16. The number of amides is 3. The molecule has 160 valence electrons. The van der Waals surface area contributed by atoms with Crippen molar-refractivity contribution in [1.82, 2.24) is 15.2 Å². The van der Waals surface area contributed by atoms with Gasteiger partial charge in [0.05, 0.1) is 32.4 Å². The van der Waals surface area contributed by atoms with Gasteiger partial charge < -0.3 is 20.7 Å². The molecule has 0 saturated carbocycles. The van der Waals surface area contributed by atoms with Crippen molar-refractivity contribution < 1.29 is 19.1 Å². The van der Waals surface area contributed by atoms with Gasteiger partial charge in [0.15, 0.2) is 0 Å². The van der Waals surface area contributed by atoms with E-state index < -0.39 is 0 Å². The number of methoxy groups -OCH3 is 1. The number of halogens is 1. The molecule has 0 bridgehead atoms. The van der Waals surface area contributed by atoms with E-state index in [0.29, 0.717) is 17.3 Å². The molecule has 0 saturated heterocycles. The first-order valence-corrected chi connectivity index (χ1v) is 9.87. The summed E-state index contributed by atoms with van der Waals surface area (Å²) in [5.41, 5.74) is 1.50. The van der Waals surface area contributed by atoms with Gasteiger partial charge in [-0.2, -0.15) is 0 Å². The third kappa shape index (κ3) is 7.80. The van der Waals surface area contributed by atoms with E-state index >= 15 is 0 Å². The number of likely N-dealkylation sites (N-methyl/N-ethyl adjacent to an activating group) is 1. The van der Waals surface area contributed by atoms with Gasteiger partial charge in [0.1, 0.15) is 11.6 Å². The molecule has 0 atom stereocenters. The van der Waals surface area contributed by atoms with Crippen LogP contribution in [0.1, 0.15) is 5.56 Å². The Hall–Kier alpha value is -2.98. The Bertz CT molecular complexity index is 905. The highest BCUT2D eigenvalue weighted by Gasteiger charge is 2.13. The second-order valence-electron chi connectivity index (χ2n) is 6.61. The fourth-order valence-corrected chi connectivity index (χ4v) is 2.76. The highest BCUT2D eigenvalue weighted by Crippen LogP contribution is 2.24. The first kappa shape index (κ1) is 23.3. The van der Waals surface area contributed by atoms with Crippen molar-refractivity contribution in [2.45, 2.75) is 6.92 Å². The number of benzene rings is 1. The lowest BCUT2D eigenvalue weighted by molar-refractivity contribution is -0.125. The third-order valence-corrected chi connectivity index (χ3v) is 4.37. The Morgan fingerprint density at radius 2 is 1.80 bits per heavy atom. The number of pyridine rings is 1. The highest BCUT2D eigenvalue weighted by atomic mass is 79.9. The predicted molar refractivity (Wildman–Crippen MR) is 117 cm³/mol. The number of aryl methyl sites for hydroxylation is 1. The molecule has 0 fully saturated rings. The number of anilines is 2. The second kappa shape index (κ2) is 11.3. The maximum atomic E-state index is 12.1. The SMILES string of the molecule is COc1ccc(C)cc1NC(=O)CNC(=O)CN(C)CC(=O)Nc1ccc(Br)cn1. The molecule has 0 radical (unpaired) electrons. The summed E-state index contributed by atoms with van der Waals surface area (Å²) in [5, 5.41) is 7.89. The van der Waals surface area contributed by atoms with E-state index in [2.05, 4.69) is 36.9 Å². The van der Waals surface area contributed by atoms with Gasteiger partial charge in [0.2, 0.25) is 17.7 Å². The van der Waals surface area contributed by atoms with Crippen LogP contribution in [-0.4, -0.2) is 61.4 Å². The molecule has 1 heterocycles. The molecule has 0 aliphatic heterocycles. The van der Waals surface area contributed by atoms with Crippen molar-refractivity contribution in [2.24, 2.45) is 0 Å². The standard InChI is InChI=1S/C20H24BrN5O4/c1-13-4-6-16(30-3)15(8-13)24-18(27)10-23-19(28)11-26(2)12-20(29)25-17-7-5-14(21)9-22-17/h4-9H,10-12H2,1-3H3,(H,23,28)(H,24,27)(H,22,25,29). The third-order valence-electron chi connectivity index (χ3n) is 3.90. The van der Waals surface area contributed by atoms with Gasteiger partial charge in [-0.25, -0.2) is 4.98 Å². The van der Waals surface area contributed by atoms with Crippen molar-refractivity contribution in [3.63, 3.8) is 0 Å². The topological polar surface area (TPSA) is 113 Å². The van der Waals surface area contributed by atoms with Gasteiger partial charge >= 0.3 is 0 Å². The molecule has 0 aliphatic carbocycles. The molecule has 2 aromatic rings. The van der Waals surface area contributed by atoms with E-state index in [1.807, 2.05) is 13.0 Å². The van der Waals surface area contributed by atoms with Crippen LogP contribution in [0.2, 0.25) is 0 Å². The molecule has 0 spiro atoms.